The second-order valence-corrected chi connectivity index (χ2v) is 10.0. The van der Waals surface area contributed by atoms with E-state index in [-0.39, 0.29) is 17.9 Å². The van der Waals surface area contributed by atoms with Crippen molar-refractivity contribution in [3.05, 3.63) is 88.4 Å². The first-order chi connectivity index (χ1) is 17.3. The molecule has 3 heterocycles. The maximum atomic E-state index is 13.7. The standard InChI is InChI=1S/C27H27BrFN5O2/c1-16-24(27-33(26(35)17(2)36-27)14-13-18-3-8-21(30)9-4-18)25(23-12-7-20(29)15-31-23)32-34(16)22-10-5-19(28)6-11-22/h3-12,15-17,24,27H,13-14,30H2,1-2H3/t16?,17-,24?,27-/m1/s1. The number of nitrogen functional groups attached to an aromatic ring is 1. The zero-order valence-electron chi connectivity index (χ0n) is 20.0. The third-order valence-electron chi connectivity index (χ3n) is 6.73. The second-order valence-electron chi connectivity index (χ2n) is 9.13. The summed E-state index contributed by atoms with van der Waals surface area (Å²) in [5, 5.41) is 6.85. The molecule has 0 radical (unpaired) electrons. The molecule has 2 aliphatic rings. The van der Waals surface area contributed by atoms with Crippen LogP contribution in [0.1, 0.15) is 25.1 Å². The summed E-state index contributed by atoms with van der Waals surface area (Å²) in [6.07, 6.45) is 0.738. The summed E-state index contributed by atoms with van der Waals surface area (Å²) in [5.41, 5.74) is 9.72. The first kappa shape index (κ1) is 24.4. The molecule has 2 aliphatic heterocycles. The number of ether oxygens (including phenoxy) is 1. The van der Waals surface area contributed by atoms with Gasteiger partial charge in [0.25, 0.3) is 5.91 Å². The molecule has 0 bridgehead atoms. The van der Waals surface area contributed by atoms with E-state index < -0.39 is 18.1 Å². The average Bonchev–Trinajstić information content (AvgIpc) is 3.35. The van der Waals surface area contributed by atoms with Crippen LogP contribution in [0.2, 0.25) is 0 Å². The molecule has 1 fully saturated rings. The van der Waals surface area contributed by atoms with Crippen molar-refractivity contribution < 1.29 is 13.9 Å². The first-order valence-electron chi connectivity index (χ1n) is 11.9. The van der Waals surface area contributed by atoms with Crippen LogP contribution in [0.4, 0.5) is 15.8 Å². The maximum absolute atomic E-state index is 13.7. The summed E-state index contributed by atoms with van der Waals surface area (Å²) in [6.45, 7) is 4.32. The fourth-order valence-corrected chi connectivity index (χ4v) is 5.08. The fraction of sp³-hybridized carbons (Fsp3) is 0.296. The lowest BCUT2D eigenvalue weighted by atomic mass is 9.91. The Hall–Kier alpha value is -3.30. The van der Waals surface area contributed by atoms with Crippen molar-refractivity contribution in [2.75, 3.05) is 17.3 Å². The Kier molecular flexibility index (Phi) is 6.77. The molecule has 36 heavy (non-hydrogen) atoms. The van der Waals surface area contributed by atoms with Gasteiger partial charge in [-0.05, 0) is 74.4 Å². The van der Waals surface area contributed by atoms with Crippen LogP contribution < -0.4 is 10.7 Å². The Labute approximate surface area is 217 Å². The molecule has 4 atom stereocenters. The number of nitrogens with zero attached hydrogens (tertiary/aromatic N) is 4. The van der Waals surface area contributed by atoms with Gasteiger partial charge in [-0.3, -0.25) is 14.8 Å². The molecular formula is C27H27BrFN5O2. The normalized spacial score (nSPS) is 23.9. The van der Waals surface area contributed by atoms with E-state index in [0.29, 0.717) is 30.1 Å². The van der Waals surface area contributed by atoms with Crippen LogP contribution in [0, 0.1) is 11.7 Å². The predicted molar refractivity (Wildman–Crippen MR) is 141 cm³/mol. The van der Waals surface area contributed by atoms with Crippen LogP contribution in [-0.2, 0) is 16.0 Å². The molecule has 7 nitrogen and oxygen atoms in total. The number of carbonyl (C=O) groups excluding carboxylic acids is 1. The molecule has 3 aromatic rings. The van der Waals surface area contributed by atoms with Gasteiger partial charge in [0, 0.05) is 16.7 Å². The minimum absolute atomic E-state index is 0.0591. The minimum atomic E-state index is -0.572. The maximum Gasteiger partial charge on any atom is 0.253 e. The topological polar surface area (TPSA) is 84.0 Å². The van der Waals surface area contributed by atoms with Gasteiger partial charge >= 0.3 is 0 Å². The number of pyridine rings is 1. The van der Waals surface area contributed by atoms with Crippen molar-refractivity contribution in [1.82, 2.24) is 9.88 Å². The van der Waals surface area contributed by atoms with Gasteiger partial charge in [-0.25, -0.2) is 4.39 Å². The number of carbonyl (C=O) groups is 1. The van der Waals surface area contributed by atoms with E-state index in [1.807, 2.05) is 53.5 Å². The largest absolute Gasteiger partial charge is 0.399 e. The summed E-state index contributed by atoms with van der Waals surface area (Å²) in [5.74, 6) is -0.777. The zero-order valence-corrected chi connectivity index (χ0v) is 21.6. The number of benzene rings is 2. The van der Waals surface area contributed by atoms with Crippen molar-refractivity contribution in [2.24, 2.45) is 11.0 Å². The highest BCUT2D eigenvalue weighted by atomic mass is 79.9. The summed E-state index contributed by atoms with van der Waals surface area (Å²) in [4.78, 5) is 19.3. The molecule has 5 rings (SSSR count). The Balaban J connectivity index is 1.49. The number of amides is 1. The number of halogens is 2. The van der Waals surface area contributed by atoms with Crippen molar-refractivity contribution in [2.45, 2.75) is 38.6 Å². The van der Waals surface area contributed by atoms with E-state index in [0.717, 1.165) is 15.7 Å². The van der Waals surface area contributed by atoms with Crippen LogP contribution in [-0.4, -0.2) is 46.4 Å². The molecular weight excluding hydrogens is 525 g/mol. The van der Waals surface area contributed by atoms with Gasteiger partial charge in [-0.1, -0.05) is 28.1 Å². The summed E-state index contributed by atoms with van der Waals surface area (Å²) < 4.78 is 20.9. The average molecular weight is 552 g/mol. The Morgan fingerprint density at radius 1 is 1.06 bits per heavy atom. The lowest BCUT2D eigenvalue weighted by Gasteiger charge is -2.32. The van der Waals surface area contributed by atoms with Crippen molar-refractivity contribution in [3.63, 3.8) is 0 Å². The molecule has 0 aliphatic carbocycles. The van der Waals surface area contributed by atoms with Gasteiger partial charge in [0.15, 0.2) is 0 Å². The van der Waals surface area contributed by atoms with Crippen molar-refractivity contribution >= 4 is 38.9 Å². The molecule has 2 aromatic carbocycles. The third kappa shape index (κ3) is 4.73. The van der Waals surface area contributed by atoms with Crippen LogP contribution >= 0.6 is 15.9 Å². The number of anilines is 2. The van der Waals surface area contributed by atoms with E-state index in [2.05, 4.69) is 27.8 Å². The monoisotopic (exact) mass is 551 g/mol. The molecule has 1 aromatic heterocycles. The number of hydrogen-bond donors (Lipinski definition) is 1. The van der Waals surface area contributed by atoms with Crippen LogP contribution in [0.3, 0.4) is 0 Å². The van der Waals surface area contributed by atoms with E-state index >= 15 is 0 Å². The van der Waals surface area contributed by atoms with E-state index in [9.17, 15) is 9.18 Å². The third-order valence-corrected chi connectivity index (χ3v) is 7.26. The van der Waals surface area contributed by atoms with Crippen molar-refractivity contribution in [3.8, 4) is 0 Å². The Bertz CT molecular complexity index is 1270. The first-order valence-corrected chi connectivity index (χ1v) is 12.7. The summed E-state index contributed by atoms with van der Waals surface area (Å²) in [7, 11) is 0. The minimum Gasteiger partial charge on any atom is -0.399 e. The highest BCUT2D eigenvalue weighted by Crippen LogP contribution is 2.37. The lowest BCUT2D eigenvalue weighted by Crippen LogP contribution is -2.47. The number of aromatic nitrogens is 1. The number of hydrogen-bond acceptors (Lipinski definition) is 6. The van der Waals surface area contributed by atoms with E-state index in [1.54, 1.807) is 17.9 Å². The Morgan fingerprint density at radius 3 is 2.44 bits per heavy atom. The molecule has 0 saturated carbocycles. The number of hydrazone groups is 1. The predicted octanol–water partition coefficient (Wildman–Crippen LogP) is 4.61. The SMILES string of the molecule is CC1C([C@H]2O[C@H](C)C(=O)N2CCc2ccc(N)cc2)C(c2ccc(F)cn2)=NN1c1ccc(Br)cc1. The highest BCUT2D eigenvalue weighted by Gasteiger charge is 2.50. The summed E-state index contributed by atoms with van der Waals surface area (Å²) in [6, 6.07) is 18.4. The zero-order chi connectivity index (χ0) is 25.4. The number of rotatable bonds is 6. The van der Waals surface area contributed by atoms with Gasteiger partial charge in [-0.15, -0.1) is 0 Å². The molecule has 2 unspecified atom stereocenters. The van der Waals surface area contributed by atoms with Crippen LogP contribution in [0.5, 0.6) is 0 Å². The van der Waals surface area contributed by atoms with Gasteiger partial charge in [0.1, 0.15) is 18.1 Å². The molecule has 0 spiro atoms. The second kappa shape index (κ2) is 9.99. The number of nitrogens with two attached hydrogens (primary N) is 1. The van der Waals surface area contributed by atoms with Gasteiger partial charge < -0.3 is 15.4 Å². The Morgan fingerprint density at radius 2 is 1.78 bits per heavy atom. The van der Waals surface area contributed by atoms with Crippen LogP contribution in [0.15, 0.2) is 76.4 Å². The van der Waals surface area contributed by atoms with Gasteiger partial charge in [-0.2, -0.15) is 5.10 Å². The fourth-order valence-electron chi connectivity index (χ4n) is 4.81. The van der Waals surface area contributed by atoms with Crippen LogP contribution in [0.25, 0.3) is 0 Å². The molecule has 2 N–H and O–H groups in total. The van der Waals surface area contributed by atoms with E-state index in [4.69, 9.17) is 15.6 Å². The molecule has 186 valence electrons. The quantitative estimate of drug-likeness (QED) is 0.452. The molecule has 1 amide bonds. The molecule has 9 heteroatoms. The summed E-state index contributed by atoms with van der Waals surface area (Å²) >= 11 is 3.48. The van der Waals surface area contributed by atoms with Crippen molar-refractivity contribution in [1.29, 1.82) is 0 Å². The lowest BCUT2D eigenvalue weighted by molar-refractivity contribution is -0.130. The van der Waals surface area contributed by atoms with Gasteiger partial charge in [0.05, 0.1) is 35.2 Å². The molecule has 1 saturated heterocycles. The highest BCUT2D eigenvalue weighted by molar-refractivity contribution is 9.10. The van der Waals surface area contributed by atoms with Gasteiger partial charge in [0.2, 0.25) is 0 Å². The van der Waals surface area contributed by atoms with E-state index in [1.165, 1.54) is 12.3 Å². The smallest absolute Gasteiger partial charge is 0.253 e.